The van der Waals surface area contributed by atoms with E-state index in [0.29, 0.717) is 6.54 Å². The van der Waals surface area contributed by atoms with Crippen molar-refractivity contribution < 1.29 is 13.5 Å². The normalized spacial score (nSPS) is 20.5. The molecule has 0 amide bonds. The third-order valence-electron chi connectivity index (χ3n) is 4.99. The van der Waals surface area contributed by atoms with E-state index in [4.69, 9.17) is 10.5 Å². The molecule has 3 rings (SSSR count). The fraction of sp³-hybridized carbons (Fsp3) is 0.474. The highest BCUT2D eigenvalue weighted by molar-refractivity contribution is 5.87. The molecule has 25 heavy (non-hydrogen) atoms. The van der Waals surface area contributed by atoms with Crippen molar-refractivity contribution in [1.29, 1.82) is 0 Å². The first-order valence-electron chi connectivity index (χ1n) is 8.30. The van der Waals surface area contributed by atoms with Gasteiger partial charge in [-0.3, -0.25) is 4.90 Å². The summed E-state index contributed by atoms with van der Waals surface area (Å²) in [7, 11) is 0. The molecule has 1 fully saturated rings. The second-order valence-electron chi connectivity index (χ2n) is 7.24. The molecule has 0 saturated carbocycles. The van der Waals surface area contributed by atoms with Gasteiger partial charge in [0, 0.05) is 31.2 Å². The minimum Gasteiger partial charge on any atom is -0.434 e. The molecule has 0 aromatic heterocycles. The Kier molecular flexibility index (Phi) is 6.25. The van der Waals surface area contributed by atoms with Crippen LogP contribution in [0.4, 0.5) is 8.78 Å². The van der Waals surface area contributed by atoms with Gasteiger partial charge >= 0.3 is 6.61 Å². The Morgan fingerprint density at radius 3 is 2.64 bits per heavy atom. The lowest BCUT2D eigenvalue weighted by Crippen LogP contribution is -2.52. The molecule has 2 aromatic carbocycles. The Balaban J connectivity index is 0.00000225. The van der Waals surface area contributed by atoms with E-state index >= 15 is 0 Å². The lowest BCUT2D eigenvalue weighted by atomic mass is 9.79. The lowest BCUT2D eigenvalue weighted by molar-refractivity contribution is -0.0508. The molecular weight excluding hydrogens is 346 g/mol. The molecule has 6 heteroatoms. The fourth-order valence-electron chi connectivity index (χ4n) is 3.53. The van der Waals surface area contributed by atoms with Gasteiger partial charge in [0.2, 0.25) is 0 Å². The van der Waals surface area contributed by atoms with Crippen LogP contribution in [-0.2, 0) is 6.54 Å². The molecule has 2 aromatic rings. The van der Waals surface area contributed by atoms with Gasteiger partial charge in [0.15, 0.2) is 0 Å². The molecule has 1 atom stereocenters. The van der Waals surface area contributed by atoms with Gasteiger partial charge in [-0.1, -0.05) is 44.2 Å². The smallest absolute Gasteiger partial charge is 0.387 e. The van der Waals surface area contributed by atoms with Gasteiger partial charge in [-0.25, -0.2) is 0 Å². The number of piperidine rings is 1. The number of rotatable bonds is 4. The molecule has 0 radical (unpaired) electrons. The summed E-state index contributed by atoms with van der Waals surface area (Å²) in [4.78, 5) is 2.28. The minimum atomic E-state index is -2.82. The zero-order valence-electron chi connectivity index (χ0n) is 14.5. The van der Waals surface area contributed by atoms with Gasteiger partial charge < -0.3 is 10.5 Å². The van der Waals surface area contributed by atoms with E-state index in [-0.39, 0.29) is 29.6 Å². The van der Waals surface area contributed by atoms with E-state index in [1.807, 2.05) is 30.3 Å². The maximum atomic E-state index is 12.8. The monoisotopic (exact) mass is 370 g/mol. The van der Waals surface area contributed by atoms with Crippen molar-refractivity contribution in [2.24, 2.45) is 11.1 Å². The Morgan fingerprint density at radius 1 is 1.24 bits per heavy atom. The third kappa shape index (κ3) is 4.40. The number of ether oxygens (including phenoxy) is 1. The highest BCUT2D eigenvalue weighted by Gasteiger charge is 2.33. The van der Waals surface area contributed by atoms with Gasteiger partial charge in [0.25, 0.3) is 0 Å². The van der Waals surface area contributed by atoms with E-state index in [1.165, 1.54) is 0 Å². The summed E-state index contributed by atoms with van der Waals surface area (Å²) in [5.74, 6) is 0.261. The highest BCUT2D eigenvalue weighted by Crippen LogP contribution is 2.33. The van der Waals surface area contributed by atoms with Crippen LogP contribution in [0.3, 0.4) is 0 Å². The van der Waals surface area contributed by atoms with Crippen LogP contribution in [0.25, 0.3) is 10.8 Å². The van der Waals surface area contributed by atoms with E-state index in [9.17, 15) is 8.78 Å². The summed E-state index contributed by atoms with van der Waals surface area (Å²) in [6.07, 6.45) is 0.906. The standard InChI is InChI=1S/C19H24F2N2O.ClH/c1-19(2)12-23(10-9-17(19)22)11-15-14-6-4-3-5-13(14)7-8-16(15)24-18(20)21;/h3-8,17-18H,9-12,22H2,1-2H3;1H. The van der Waals surface area contributed by atoms with Crippen LogP contribution in [0.15, 0.2) is 36.4 Å². The van der Waals surface area contributed by atoms with Gasteiger partial charge in [-0.05, 0) is 28.7 Å². The van der Waals surface area contributed by atoms with Crippen molar-refractivity contribution in [3.05, 3.63) is 42.0 Å². The second-order valence-corrected chi connectivity index (χ2v) is 7.24. The SMILES string of the molecule is CC1(C)CN(Cc2c(OC(F)F)ccc3ccccc23)CCC1N.Cl. The van der Waals surface area contributed by atoms with Crippen molar-refractivity contribution >= 4 is 23.2 Å². The van der Waals surface area contributed by atoms with Crippen LogP contribution in [0.1, 0.15) is 25.8 Å². The molecular formula is C19H25ClF2N2O. The number of benzene rings is 2. The molecule has 3 nitrogen and oxygen atoms in total. The number of nitrogens with zero attached hydrogens (tertiary/aromatic N) is 1. The van der Waals surface area contributed by atoms with Crippen LogP contribution < -0.4 is 10.5 Å². The molecule has 0 spiro atoms. The average Bonchev–Trinajstić information content (AvgIpc) is 2.52. The lowest BCUT2D eigenvalue weighted by Gasteiger charge is -2.42. The van der Waals surface area contributed by atoms with Crippen molar-refractivity contribution in [2.45, 2.75) is 39.5 Å². The van der Waals surface area contributed by atoms with Gasteiger partial charge in [0.05, 0.1) is 0 Å². The Morgan fingerprint density at radius 2 is 1.96 bits per heavy atom. The zero-order valence-corrected chi connectivity index (χ0v) is 15.4. The number of fused-ring (bicyclic) bond motifs is 1. The molecule has 0 bridgehead atoms. The summed E-state index contributed by atoms with van der Waals surface area (Å²) >= 11 is 0. The van der Waals surface area contributed by atoms with E-state index < -0.39 is 6.61 Å². The average molecular weight is 371 g/mol. The van der Waals surface area contributed by atoms with E-state index in [0.717, 1.165) is 35.8 Å². The van der Waals surface area contributed by atoms with Crippen LogP contribution in [0, 0.1) is 5.41 Å². The maximum Gasteiger partial charge on any atom is 0.387 e. The number of nitrogens with two attached hydrogens (primary N) is 1. The number of hydrogen-bond donors (Lipinski definition) is 1. The molecule has 1 heterocycles. The third-order valence-corrected chi connectivity index (χ3v) is 4.99. The first-order valence-corrected chi connectivity index (χ1v) is 8.30. The summed E-state index contributed by atoms with van der Waals surface area (Å²) in [6.45, 7) is 3.77. The first-order chi connectivity index (χ1) is 11.4. The molecule has 0 aliphatic carbocycles. The summed E-state index contributed by atoms with van der Waals surface area (Å²) in [5, 5.41) is 1.99. The van der Waals surface area contributed by atoms with Crippen LogP contribution in [-0.4, -0.2) is 30.6 Å². The van der Waals surface area contributed by atoms with Crippen LogP contribution in [0.5, 0.6) is 5.75 Å². The predicted molar refractivity (Wildman–Crippen MR) is 99.5 cm³/mol. The van der Waals surface area contributed by atoms with E-state index in [2.05, 4.69) is 18.7 Å². The Labute approximate surface area is 153 Å². The number of alkyl halides is 2. The van der Waals surface area contributed by atoms with Crippen molar-refractivity contribution in [2.75, 3.05) is 13.1 Å². The molecule has 2 N–H and O–H groups in total. The largest absolute Gasteiger partial charge is 0.434 e. The second kappa shape index (κ2) is 7.85. The quantitative estimate of drug-likeness (QED) is 0.865. The molecule has 1 aliphatic rings. The Bertz CT molecular complexity index is 724. The fourth-order valence-corrected chi connectivity index (χ4v) is 3.53. The molecule has 1 saturated heterocycles. The summed E-state index contributed by atoms with van der Waals surface area (Å²) < 4.78 is 30.4. The van der Waals surface area contributed by atoms with Crippen molar-refractivity contribution in [3.8, 4) is 5.75 Å². The maximum absolute atomic E-state index is 12.8. The summed E-state index contributed by atoms with van der Waals surface area (Å²) in [5.41, 5.74) is 7.03. The number of likely N-dealkylation sites (tertiary alicyclic amines) is 1. The van der Waals surface area contributed by atoms with Crippen molar-refractivity contribution in [1.82, 2.24) is 4.90 Å². The highest BCUT2D eigenvalue weighted by atomic mass is 35.5. The molecule has 138 valence electrons. The zero-order chi connectivity index (χ0) is 17.3. The minimum absolute atomic E-state index is 0. The van der Waals surface area contributed by atoms with Gasteiger partial charge in [-0.2, -0.15) is 8.78 Å². The number of halogens is 3. The topological polar surface area (TPSA) is 38.5 Å². The predicted octanol–water partition coefficient (Wildman–Crippen LogP) is 4.42. The first kappa shape index (κ1) is 19.9. The van der Waals surface area contributed by atoms with Crippen molar-refractivity contribution in [3.63, 3.8) is 0 Å². The van der Waals surface area contributed by atoms with Crippen LogP contribution in [0.2, 0.25) is 0 Å². The van der Waals surface area contributed by atoms with Gasteiger partial charge in [0.1, 0.15) is 5.75 Å². The molecule has 1 aliphatic heterocycles. The summed E-state index contributed by atoms with van der Waals surface area (Å²) in [6, 6.07) is 11.5. The molecule has 1 unspecified atom stereocenters. The Hall–Kier alpha value is -1.43. The number of hydrogen-bond acceptors (Lipinski definition) is 3. The van der Waals surface area contributed by atoms with Gasteiger partial charge in [-0.15, -0.1) is 12.4 Å². The van der Waals surface area contributed by atoms with E-state index in [1.54, 1.807) is 6.07 Å². The van der Waals surface area contributed by atoms with Crippen LogP contribution >= 0.6 is 12.4 Å².